The van der Waals surface area contributed by atoms with E-state index < -0.39 is 17.6 Å². The van der Waals surface area contributed by atoms with Crippen LogP contribution >= 0.6 is 0 Å². The maximum Gasteiger partial charge on any atom is 0.313 e. The maximum absolute atomic E-state index is 11.7. The van der Waals surface area contributed by atoms with E-state index in [1.165, 1.54) is 6.33 Å². The first-order chi connectivity index (χ1) is 12.7. The van der Waals surface area contributed by atoms with Crippen LogP contribution < -0.4 is 0 Å². The van der Waals surface area contributed by atoms with Crippen LogP contribution in [0.1, 0.15) is 44.4 Å². The summed E-state index contributed by atoms with van der Waals surface area (Å²) in [5.74, 6) is -0.860. The highest BCUT2D eigenvalue weighted by Gasteiger charge is 2.43. The number of H-pyrrole nitrogens is 1. The number of esters is 1. The first-order valence-electron chi connectivity index (χ1n) is 9.10. The minimum absolute atomic E-state index is 0.167. The van der Waals surface area contributed by atoms with Gasteiger partial charge in [-0.05, 0) is 34.1 Å². The number of carbonyl (C=O) groups is 1. The SMILES string of the molecule is Cc1ncnc2c([C@@H]3C[C@H](COCOC(=O)C(C)(C)C)[C@@H](O)[C@H]3O)c[nH]c12. The number of fused-ring (bicyclic) bond motifs is 1. The van der Waals surface area contributed by atoms with Crippen LogP contribution in [0.3, 0.4) is 0 Å². The molecule has 1 fully saturated rings. The van der Waals surface area contributed by atoms with Gasteiger partial charge >= 0.3 is 5.97 Å². The summed E-state index contributed by atoms with van der Waals surface area (Å²) in [5.41, 5.74) is 2.71. The molecule has 3 rings (SSSR count). The number of aromatic nitrogens is 3. The molecule has 2 aromatic rings. The minimum Gasteiger partial charge on any atom is -0.438 e. The Labute approximate surface area is 157 Å². The number of nitrogens with one attached hydrogen (secondary N) is 1. The van der Waals surface area contributed by atoms with Crippen molar-refractivity contribution in [2.75, 3.05) is 13.4 Å². The van der Waals surface area contributed by atoms with Crippen LogP contribution in [-0.2, 0) is 14.3 Å². The molecule has 1 aliphatic rings. The van der Waals surface area contributed by atoms with Gasteiger partial charge in [0.15, 0.2) is 6.79 Å². The van der Waals surface area contributed by atoms with Crippen LogP contribution in [0, 0.1) is 18.3 Å². The molecule has 8 nitrogen and oxygen atoms in total. The number of ether oxygens (including phenoxy) is 2. The van der Waals surface area contributed by atoms with Gasteiger partial charge in [0.05, 0.1) is 41.0 Å². The third-order valence-electron chi connectivity index (χ3n) is 5.10. The molecule has 0 bridgehead atoms. The van der Waals surface area contributed by atoms with Crippen molar-refractivity contribution in [3.8, 4) is 0 Å². The van der Waals surface area contributed by atoms with Gasteiger partial charge in [0.1, 0.15) is 6.33 Å². The summed E-state index contributed by atoms with van der Waals surface area (Å²) in [6.45, 7) is 7.22. The first kappa shape index (κ1) is 19.7. The molecule has 0 spiro atoms. The molecule has 0 amide bonds. The highest BCUT2D eigenvalue weighted by Crippen LogP contribution is 2.41. The van der Waals surface area contributed by atoms with Gasteiger partial charge in [0.2, 0.25) is 0 Å². The fraction of sp³-hybridized carbons (Fsp3) is 0.632. The lowest BCUT2D eigenvalue weighted by atomic mass is 9.96. The highest BCUT2D eigenvalue weighted by atomic mass is 16.7. The van der Waals surface area contributed by atoms with Crippen molar-refractivity contribution < 1.29 is 24.5 Å². The Morgan fingerprint density at radius 2 is 2.04 bits per heavy atom. The summed E-state index contributed by atoms with van der Waals surface area (Å²) in [6.07, 6.45) is 2.04. The van der Waals surface area contributed by atoms with Crippen molar-refractivity contribution >= 4 is 17.0 Å². The largest absolute Gasteiger partial charge is 0.438 e. The van der Waals surface area contributed by atoms with Gasteiger partial charge in [0, 0.05) is 23.6 Å². The van der Waals surface area contributed by atoms with Gasteiger partial charge < -0.3 is 24.7 Å². The summed E-state index contributed by atoms with van der Waals surface area (Å²) < 4.78 is 10.5. The number of rotatable bonds is 5. The van der Waals surface area contributed by atoms with Gasteiger partial charge in [-0.1, -0.05) is 0 Å². The normalized spacial score (nSPS) is 25.9. The van der Waals surface area contributed by atoms with Crippen molar-refractivity contribution in [2.45, 2.75) is 52.2 Å². The number of hydrogen-bond acceptors (Lipinski definition) is 7. The molecule has 0 radical (unpaired) electrons. The molecule has 2 heterocycles. The number of aryl methyl sites for hydroxylation is 1. The van der Waals surface area contributed by atoms with Crippen LogP contribution in [0.15, 0.2) is 12.5 Å². The molecule has 0 aromatic carbocycles. The summed E-state index contributed by atoms with van der Waals surface area (Å²) in [6, 6.07) is 0. The number of carbonyl (C=O) groups excluding carboxylic acids is 1. The molecule has 0 unspecified atom stereocenters. The summed E-state index contributed by atoms with van der Waals surface area (Å²) in [4.78, 5) is 23.4. The van der Waals surface area contributed by atoms with Gasteiger partial charge in [-0.15, -0.1) is 0 Å². The Kier molecular flexibility index (Phi) is 5.50. The Morgan fingerprint density at radius 1 is 1.30 bits per heavy atom. The van der Waals surface area contributed by atoms with Gasteiger partial charge in [0.25, 0.3) is 0 Å². The molecule has 4 atom stereocenters. The molecule has 8 heteroatoms. The van der Waals surface area contributed by atoms with E-state index in [4.69, 9.17) is 9.47 Å². The maximum atomic E-state index is 11.7. The number of nitrogens with zero attached hydrogens (tertiary/aromatic N) is 2. The molecular formula is C19H27N3O5. The predicted octanol–water partition coefficient (Wildman–Crippen LogP) is 1.66. The van der Waals surface area contributed by atoms with Crippen LogP contribution in [-0.4, -0.2) is 56.7 Å². The van der Waals surface area contributed by atoms with E-state index in [1.807, 2.05) is 13.1 Å². The molecule has 2 aromatic heterocycles. The predicted molar refractivity (Wildman–Crippen MR) is 97.9 cm³/mol. The van der Waals surface area contributed by atoms with Crippen molar-refractivity contribution in [3.05, 3.63) is 23.8 Å². The quantitative estimate of drug-likeness (QED) is 0.412. The topological polar surface area (TPSA) is 118 Å². The standard InChI is InChI=1S/C19H27N3O5/c1-10-14-15(22-8-21-10)13(6-20-14)12-5-11(16(23)17(12)24)7-26-9-27-18(25)19(2,3)4/h6,8,11-12,16-17,20,23-24H,5,7,9H2,1-4H3/t11-,12+,16-,17+/m1/s1. The van der Waals surface area contributed by atoms with Crippen LogP contribution in [0.4, 0.5) is 0 Å². The zero-order valence-corrected chi connectivity index (χ0v) is 16.1. The highest BCUT2D eigenvalue weighted by molar-refractivity contribution is 5.81. The van der Waals surface area contributed by atoms with Gasteiger partial charge in [-0.3, -0.25) is 4.79 Å². The van der Waals surface area contributed by atoms with Crippen molar-refractivity contribution in [1.82, 2.24) is 15.0 Å². The zero-order chi connectivity index (χ0) is 19.8. The number of aliphatic hydroxyl groups is 2. The Balaban J connectivity index is 1.62. The third-order valence-corrected chi connectivity index (χ3v) is 5.10. The second-order valence-corrected chi connectivity index (χ2v) is 8.18. The molecule has 1 saturated carbocycles. The summed E-state index contributed by atoms with van der Waals surface area (Å²) >= 11 is 0. The van der Waals surface area contributed by atoms with Crippen LogP contribution in [0.25, 0.3) is 11.0 Å². The lowest BCUT2D eigenvalue weighted by Gasteiger charge is -2.19. The Morgan fingerprint density at radius 3 is 2.74 bits per heavy atom. The van der Waals surface area contributed by atoms with E-state index in [2.05, 4.69) is 15.0 Å². The summed E-state index contributed by atoms with van der Waals surface area (Å²) in [5, 5.41) is 20.9. The Hall–Kier alpha value is -2.03. The van der Waals surface area contributed by atoms with E-state index in [-0.39, 0.29) is 31.2 Å². The molecule has 1 aliphatic carbocycles. The van der Waals surface area contributed by atoms with Crippen LogP contribution in [0.2, 0.25) is 0 Å². The monoisotopic (exact) mass is 377 g/mol. The van der Waals surface area contributed by atoms with Crippen molar-refractivity contribution in [1.29, 1.82) is 0 Å². The molecule has 27 heavy (non-hydrogen) atoms. The lowest BCUT2D eigenvalue weighted by Crippen LogP contribution is -2.30. The van der Waals surface area contributed by atoms with E-state index in [0.717, 1.165) is 22.3 Å². The minimum atomic E-state index is -0.916. The molecule has 148 valence electrons. The fourth-order valence-electron chi connectivity index (χ4n) is 3.48. The molecular weight excluding hydrogens is 350 g/mol. The average molecular weight is 377 g/mol. The lowest BCUT2D eigenvalue weighted by molar-refractivity contribution is -0.167. The van der Waals surface area contributed by atoms with Crippen molar-refractivity contribution in [2.24, 2.45) is 11.3 Å². The smallest absolute Gasteiger partial charge is 0.313 e. The first-order valence-corrected chi connectivity index (χ1v) is 9.10. The second kappa shape index (κ2) is 7.53. The second-order valence-electron chi connectivity index (χ2n) is 8.18. The van der Waals surface area contributed by atoms with Gasteiger partial charge in [-0.25, -0.2) is 9.97 Å². The van der Waals surface area contributed by atoms with Crippen molar-refractivity contribution in [3.63, 3.8) is 0 Å². The van der Waals surface area contributed by atoms with E-state index in [9.17, 15) is 15.0 Å². The molecule has 0 aliphatic heterocycles. The number of hydrogen-bond donors (Lipinski definition) is 3. The molecule has 3 N–H and O–H groups in total. The average Bonchev–Trinajstić information content (AvgIpc) is 3.14. The number of aromatic amines is 1. The van der Waals surface area contributed by atoms with Gasteiger partial charge in [-0.2, -0.15) is 0 Å². The van der Waals surface area contributed by atoms with E-state index >= 15 is 0 Å². The zero-order valence-electron chi connectivity index (χ0n) is 16.1. The number of aliphatic hydroxyl groups excluding tert-OH is 2. The Bertz CT molecular complexity index is 813. The third kappa shape index (κ3) is 3.97. The summed E-state index contributed by atoms with van der Waals surface area (Å²) in [7, 11) is 0. The fourth-order valence-corrected chi connectivity index (χ4v) is 3.48. The molecule has 0 saturated heterocycles. The van der Waals surface area contributed by atoms with Crippen LogP contribution in [0.5, 0.6) is 0 Å². The van der Waals surface area contributed by atoms with E-state index in [1.54, 1.807) is 20.8 Å². The van der Waals surface area contributed by atoms with E-state index in [0.29, 0.717) is 6.42 Å².